The Morgan fingerprint density at radius 2 is 1.58 bits per heavy atom. The second kappa shape index (κ2) is 5.43. The fraction of sp³-hybridized carbons (Fsp3) is 0.350. The zero-order chi connectivity index (χ0) is 17.7. The number of amides is 1. The van der Waals surface area contributed by atoms with Crippen LogP contribution in [-0.2, 0) is 11.1 Å². The van der Waals surface area contributed by atoms with Gasteiger partial charge < -0.3 is 5.11 Å². The van der Waals surface area contributed by atoms with Crippen LogP contribution >= 0.6 is 0 Å². The fourth-order valence-corrected chi connectivity index (χ4v) is 3.30. The van der Waals surface area contributed by atoms with Gasteiger partial charge in [0.15, 0.2) is 0 Å². The van der Waals surface area contributed by atoms with Crippen molar-refractivity contribution in [3.05, 3.63) is 70.8 Å². The van der Waals surface area contributed by atoms with Crippen LogP contribution in [0.2, 0.25) is 0 Å². The first-order chi connectivity index (χ1) is 11.2. The van der Waals surface area contributed by atoms with Gasteiger partial charge >= 0.3 is 0 Å². The first kappa shape index (κ1) is 16.7. The Kier molecular flexibility index (Phi) is 3.78. The van der Waals surface area contributed by atoms with E-state index in [2.05, 4.69) is 20.8 Å². The molecule has 2 aromatic rings. The lowest BCUT2D eigenvalue weighted by molar-refractivity contribution is -0.136. The predicted molar refractivity (Wildman–Crippen MR) is 94.4 cm³/mol. The third-order valence-electron chi connectivity index (χ3n) is 4.59. The quantitative estimate of drug-likeness (QED) is 0.923. The van der Waals surface area contributed by atoms with E-state index in [0.29, 0.717) is 16.7 Å². The van der Waals surface area contributed by atoms with Crippen LogP contribution in [0.4, 0.5) is 0 Å². The number of aliphatic hydroxyl groups is 1. The maximum absolute atomic E-state index is 12.8. The molecular formula is C20H24N2O2. The van der Waals surface area contributed by atoms with Crippen LogP contribution < -0.4 is 0 Å². The zero-order valence-corrected chi connectivity index (χ0v) is 14.9. The van der Waals surface area contributed by atoms with Gasteiger partial charge in [0.05, 0.1) is 0 Å². The van der Waals surface area contributed by atoms with Gasteiger partial charge in [-0.15, -0.1) is 0 Å². The molecule has 0 saturated carbocycles. The molecule has 4 nitrogen and oxygen atoms in total. The molecule has 0 aliphatic carbocycles. The van der Waals surface area contributed by atoms with Crippen LogP contribution in [0.15, 0.2) is 48.5 Å². The Labute approximate surface area is 143 Å². The number of hydrogen-bond donors (Lipinski definition) is 1. The maximum atomic E-state index is 12.8. The zero-order valence-electron chi connectivity index (χ0n) is 14.9. The van der Waals surface area contributed by atoms with Crippen LogP contribution in [-0.4, -0.2) is 35.1 Å². The summed E-state index contributed by atoms with van der Waals surface area (Å²) in [4.78, 5) is 12.8. The van der Waals surface area contributed by atoms with Gasteiger partial charge in [-0.2, -0.15) is 0 Å². The van der Waals surface area contributed by atoms with E-state index < -0.39 is 5.72 Å². The van der Waals surface area contributed by atoms with Crippen molar-refractivity contribution in [1.82, 2.24) is 10.0 Å². The summed E-state index contributed by atoms with van der Waals surface area (Å²) in [5.74, 6) is -0.196. The summed E-state index contributed by atoms with van der Waals surface area (Å²) in [5, 5.41) is 14.6. The van der Waals surface area contributed by atoms with Crippen LogP contribution in [0.3, 0.4) is 0 Å². The topological polar surface area (TPSA) is 43.8 Å². The van der Waals surface area contributed by atoms with Gasteiger partial charge in [0.2, 0.25) is 5.72 Å². The second-order valence-electron chi connectivity index (χ2n) is 7.51. The van der Waals surface area contributed by atoms with Crippen LogP contribution in [0.1, 0.15) is 47.8 Å². The number of hydrogen-bond acceptors (Lipinski definition) is 3. The van der Waals surface area contributed by atoms with Crippen LogP contribution in [0.5, 0.6) is 0 Å². The molecule has 1 heterocycles. The minimum atomic E-state index is -1.49. The van der Waals surface area contributed by atoms with Gasteiger partial charge in [0.1, 0.15) is 0 Å². The Hall–Kier alpha value is -2.17. The van der Waals surface area contributed by atoms with E-state index in [9.17, 15) is 9.90 Å². The molecule has 1 aliphatic rings. The highest BCUT2D eigenvalue weighted by Crippen LogP contribution is 2.42. The van der Waals surface area contributed by atoms with Gasteiger partial charge in [0, 0.05) is 30.8 Å². The molecule has 24 heavy (non-hydrogen) atoms. The van der Waals surface area contributed by atoms with Crippen molar-refractivity contribution in [2.24, 2.45) is 0 Å². The van der Waals surface area contributed by atoms with Crippen molar-refractivity contribution in [2.45, 2.75) is 31.9 Å². The largest absolute Gasteiger partial charge is 0.362 e. The fourth-order valence-electron chi connectivity index (χ4n) is 3.30. The lowest BCUT2D eigenvalue weighted by Gasteiger charge is -2.38. The molecule has 3 rings (SSSR count). The molecule has 126 valence electrons. The maximum Gasteiger partial charge on any atom is 0.271 e. The average molecular weight is 324 g/mol. The highest BCUT2D eigenvalue weighted by atomic mass is 16.3. The Morgan fingerprint density at radius 1 is 1.00 bits per heavy atom. The second-order valence-corrected chi connectivity index (χ2v) is 7.51. The first-order valence-electron chi connectivity index (χ1n) is 8.12. The van der Waals surface area contributed by atoms with E-state index in [0.717, 1.165) is 0 Å². The molecule has 4 heteroatoms. The van der Waals surface area contributed by atoms with Gasteiger partial charge in [-0.3, -0.25) is 4.79 Å². The third kappa shape index (κ3) is 2.34. The third-order valence-corrected chi connectivity index (χ3v) is 4.59. The summed E-state index contributed by atoms with van der Waals surface area (Å²) in [6, 6.07) is 15.1. The number of nitrogens with zero attached hydrogens (tertiary/aromatic N) is 2. The Morgan fingerprint density at radius 3 is 2.12 bits per heavy atom. The first-order valence-corrected chi connectivity index (χ1v) is 8.12. The van der Waals surface area contributed by atoms with E-state index >= 15 is 0 Å². The van der Waals surface area contributed by atoms with E-state index in [-0.39, 0.29) is 11.3 Å². The Balaban J connectivity index is 2.17. The standard InChI is InChI=1S/C20H24N2O2/c1-19(2,3)14-10-12-15(13-11-14)20(24)17-9-7-6-8-16(17)18(23)22(20)21(4)5/h6-13,24H,1-5H3. The lowest BCUT2D eigenvalue weighted by atomic mass is 9.85. The van der Waals surface area contributed by atoms with Gasteiger partial charge in [0.25, 0.3) is 5.91 Å². The molecule has 1 aliphatic heterocycles. The molecule has 1 N–H and O–H groups in total. The summed E-state index contributed by atoms with van der Waals surface area (Å²) in [7, 11) is 3.52. The number of hydrazine groups is 1. The molecule has 1 amide bonds. The molecule has 0 saturated heterocycles. The van der Waals surface area contributed by atoms with Crippen molar-refractivity contribution < 1.29 is 9.90 Å². The van der Waals surface area contributed by atoms with Gasteiger partial charge in [-0.1, -0.05) is 63.2 Å². The average Bonchev–Trinajstić information content (AvgIpc) is 2.76. The van der Waals surface area contributed by atoms with E-state index in [1.807, 2.05) is 42.5 Å². The number of rotatable bonds is 2. The monoisotopic (exact) mass is 324 g/mol. The van der Waals surface area contributed by atoms with Crippen molar-refractivity contribution in [2.75, 3.05) is 14.1 Å². The van der Waals surface area contributed by atoms with Gasteiger partial charge in [-0.25, -0.2) is 10.0 Å². The molecule has 1 unspecified atom stereocenters. The smallest absolute Gasteiger partial charge is 0.271 e. The molecular weight excluding hydrogens is 300 g/mol. The van der Waals surface area contributed by atoms with Crippen molar-refractivity contribution >= 4 is 5.91 Å². The minimum absolute atomic E-state index is 0.0335. The van der Waals surface area contributed by atoms with Crippen molar-refractivity contribution in [1.29, 1.82) is 0 Å². The molecule has 2 aromatic carbocycles. The highest BCUT2D eigenvalue weighted by Gasteiger charge is 2.51. The normalized spacial score (nSPS) is 20.6. The summed E-state index contributed by atoms with van der Waals surface area (Å²) in [6.07, 6.45) is 0. The van der Waals surface area contributed by atoms with Crippen molar-refractivity contribution in [3.63, 3.8) is 0 Å². The van der Waals surface area contributed by atoms with E-state index in [1.165, 1.54) is 10.6 Å². The number of carbonyl (C=O) groups is 1. The minimum Gasteiger partial charge on any atom is -0.362 e. The number of carbonyl (C=O) groups excluding carboxylic acids is 1. The number of fused-ring (bicyclic) bond motifs is 1. The Bertz CT molecular complexity index is 775. The molecule has 1 atom stereocenters. The molecule has 0 bridgehead atoms. The SMILES string of the molecule is CN(C)N1C(=O)c2ccccc2C1(O)c1ccc(C(C)(C)C)cc1. The summed E-state index contributed by atoms with van der Waals surface area (Å²) in [6.45, 7) is 6.45. The summed E-state index contributed by atoms with van der Waals surface area (Å²) in [5.41, 5.74) is 1.56. The van der Waals surface area contributed by atoms with Crippen LogP contribution in [0.25, 0.3) is 0 Å². The lowest BCUT2D eigenvalue weighted by Crippen LogP contribution is -2.51. The number of benzene rings is 2. The van der Waals surface area contributed by atoms with Gasteiger partial charge in [-0.05, 0) is 17.0 Å². The molecule has 0 fully saturated rings. The molecule has 0 radical (unpaired) electrons. The summed E-state index contributed by atoms with van der Waals surface area (Å²) < 4.78 is 0. The van der Waals surface area contributed by atoms with Crippen molar-refractivity contribution in [3.8, 4) is 0 Å². The molecule has 0 aromatic heterocycles. The predicted octanol–water partition coefficient (Wildman–Crippen LogP) is 3.11. The summed E-state index contributed by atoms with van der Waals surface area (Å²) >= 11 is 0. The van der Waals surface area contributed by atoms with E-state index in [4.69, 9.17) is 0 Å². The molecule has 0 spiro atoms. The van der Waals surface area contributed by atoms with E-state index in [1.54, 1.807) is 25.2 Å². The van der Waals surface area contributed by atoms with Crippen LogP contribution in [0, 0.1) is 0 Å². The highest BCUT2D eigenvalue weighted by molar-refractivity contribution is 6.00.